The molecule has 0 saturated heterocycles. The Morgan fingerprint density at radius 1 is 1.62 bits per heavy atom. The average Bonchev–Trinajstić information content (AvgIpc) is 2.04. The monoisotopic (exact) mass is 183 g/mol. The van der Waals surface area contributed by atoms with Crippen LogP contribution >= 0.6 is 0 Å². The van der Waals surface area contributed by atoms with Crippen LogP contribution in [0.5, 0.6) is 0 Å². The van der Waals surface area contributed by atoms with Crippen LogP contribution in [-0.4, -0.2) is 16.1 Å². The van der Waals surface area contributed by atoms with E-state index in [-0.39, 0.29) is 5.69 Å². The molecule has 0 aliphatic carbocycles. The van der Waals surface area contributed by atoms with Gasteiger partial charge in [0.1, 0.15) is 11.2 Å². The molecule has 3 nitrogen and oxygen atoms in total. The molecule has 0 amide bonds. The van der Waals surface area contributed by atoms with Crippen LogP contribution < -0.4 is 0 Å². The molecule has 0 saturated carbocycles. The lowest BCUT2D eigenvalue weighted by atomic mass is 9.89. The molecule has 1 N–H and O–H groups in total. The number of pyridine rings is 1. The zero-order chi connectivity index (χ0) is 10.1. The van der Waals surface area contributed by atoms with Crippen molar-refractivity contribution in [1.82, 2.24) is 4.98 Å². The maximum absolute atomic E-state index is 13.1. The third-order valence-corrected chi connectivity index (χ3v) is 1.89. The van der Waals surface area contributed by atoms with E-state index in [0.29, 0.717) is 0 Å². The van der Waals surface area contributed by atoms with Crippen molar-refractivity contribution in [3.8, 4) is 0 Å². The van der Waals surface area contributed by atoms with Gasteiger partial charge in [0.25, 0.3) is 0 Å². The number of carboxylic acids is 1. The molecule has 0 unspecified atom stereocenters. The Morgan fingerprint density at radius 3 is 2.69 bits per heavy atom. The molecule has 0 bridgehead atoms. The normalized spacial score (nSPS) is 11.3. The number of rotatable bonds is 2. The lowest BCUT2D eigenvalue weighted by Crippen LogP contribution is -2.30. The van der Waals surface area contributed by atoms with E-state index in [1.54, 1.807) is 0 Å². The van der Waals surface area contributed by atoms with E-state index in [2.05, 4.69) is 4.98 Å². The van der Waals surface area contributed by atoms with Crippen LogP contribution in [0, 0.1) is 5.82 Å². The lowest BCUT2D eigenvalue weighted by molar-refractivity contribution is -0.142. The van der Waals surface area contributed by atoms with E-state index in [9.17, 15) is 9.18 Å². The van der Waals surface area contributed by atoms with E-state index in [4.69, 9.17) is 5.11 Å². The molecule has 70 valence electrons. The first-order valence-electron chi connectivity index (χ1n) is 3.80. The molecule has 4 heteroatoms. The van der Waals surface area contributed by atoms with Gasteiger partial charge in [-0.05, 0) is 26.0 Å². The first kappa shape index (κ1) is 9.64. The number of halogens is 1. The summed E-state index contributed by atoms with van der Waals surface area (Å²) in [4.78, 5) is 14.5. The van der Waals surface area contributed by atoms with Crippen LogP contribution in [0.25, 0.3) is 0 Å². The third kappa shape index (κ3) is 1.66. The number of hydrogen-bond acceptors (Lipinski definition) is 2. The number of nitrogens with zero attached hydrogens (tertiary/aromatic N) is 1. The quantitative estimate of drug-likeness (QED) is 0.757. The highest BCUT2D eigenvalue weighted by atomic mass is 19.1. The zero-order valence-corrected chi connectivity index (χ0v) is 7.41. The first-order chi connectivity index (χ1) is 5.96. The number of carbonyl (C=O) groups is 1. The summed E-state index contributed by atoms with van der Waals surface area (Å²) in [6.45, 7) is 2.83. The molecule has 13 heavy (non-hydrogen) atoms. The van der Waals surface area contributed by atoms with Gasteiger partial charge in [-0.25, -0.2) is 4.39 Å². The van der Waals surface area contributed by atoms with Crippen LogP contribution in [0.3, 0.4) is 0 Å². The van der Waals surface area contributed by atoms with Crippen molar-refractivity contribution in [1.29, 1.82) is 0 Å². The standard InChI is InChI=1S/C9H10FNO2/c1-9(2,8(12)13)7-6(10)4-3-5-11-7/h3-5H,1-2H3,(H,12,13). The highest BCUT2D eigenvalue weighted by Gasteiger charge is 2.33. The minimum absolute atomic E-state index is 0.0394. The van der Waals surface area contributed by atoms with Crippen LogP contribution in [-0.2, 0) is 10.2 Å². The van der Waals surface area contributed by atoms with Crippen molar-refractivity contribution >= 4 is 5.97 Å². The van der Waals surface area contributed by atoms with Gasteiger partial charge in [0.05, 0.1) is 5.69 Å². The third-order valence-electron chi connectivity index (χ3n) is 1.89. The summed E-state index contributed by atoms with van der Waals surface area (Å²) in [6, 6.07) is 2.63. The number of aliphatic carboxylic acids is 1. The van der Waals surface area contributed by atoms with Crippen LogP contribution in [0.1, 0.15) is 19.5 Å². The number of carboxylic acid groups (broad SMARTS) is 1. The highest BCUT2D eigenvalue weighted by Crippen LogP contribution is 2.23. The fraction of sp³-hybridized carbons (Fsp3) is 0.333. The average molecular weight is 183 g/mol. The van der Waals surface area contributed by atoms with Gasteiger partial charge in [-0.2, -0.15) is 0 Å². The molecule has 0 fully saturated rings. The van der Waals surface area contributed by atoms with Crippen molar-refractivity contribution in [2.75, 3.05) is 0 Å². The van der Waals surface area contributed by atoms with Gasteiger partial charge >= 0.3 is 5.97 Å². The minimum atomic E-state index is -1.29. The molecule has 1 aromatic rings. The Labute approximate surface area is 75.2 Å². The fourth-order valence-corrected chi connectivity index (χ4v) is 0.947. The molecule has 0 spiro atoms. The summed E-state index contributed by atoms with van der Waals surface area (Å²) in [5.74, 6) is -1.68. The number of hydrogen-bond donors (Lipinski definition) is 1. The van der Waals surface area contributed by atoms with E-state index in [1.807, 2.05) is 0 Å². The van der Waals surface area contributed by atoms with Crippen molar-refractivity contribution in [2.45, 2.75) is 19.3 Å². The molecule has 1 aromatic heterocycles. The molecule has 0 aliphatic heterocycles. The second-order valence-corrected chi connectivity index (χ2v) is 3.26. The number of aromatic nitrogens is 1. The highest BCUT2D eigenvalue weighted by molar-refractivity contribution is 5.79. The molecular weight excluding hydrogens is 173 g/mol. The SMILES string of the molecule is CC(C)(C(=O)O)c1ncccc1F. The van der Waals surface area contributed by atoms with Crippen molar-refractivity contribution in [2.24, 2.45) is 0 Å². The fourth-order valence-electron chi connectivity index (χ4n) is 0.947. The zero-order valence-electron chi connectivity index (χ0n) is 7.41. The maximum atomic E-state index is 13.1. The summed E-state index contributed by atoms with van der Waals surface area (Å²) in [5, 5.41) is 8.81. The van der Waals surface area contributed by atoms with Crippen LogP contribution in [0.15, 0.2) is 18.3 Å². The Bertz CT molecular complexity index is 336. The Balaban J connectivity index is 3.22. The van der Waals surface area contributed by atoms with E-state index in [1.165, 1.54) is 32.2 Å². The molecule has 0 radical (unpaired) electrons. The Hall–Kier alpha value is -1.45. The van der Waals surface area contributed by atoms with Gasteiger partial charge in [0.15, 0.2) is 0 Å². The van der Waals surface area contributed by atoms with E-state index < -0.39 is 17.2 Å². The van der Waals surface area contributed by atoms with E-state index >= 15 is 0 Å². The molecule has 0 aromatic carbocycles. The molecule has 0 aliphatic rings. The molecule has 0 atom stereocenters. The molecule has 1 heterocycles. The largest absolute Gasteiger partial charge is 0.481 e. The van der Waals surface area contributed by atoms with Crippen molar-refractivity contribution < 1.29 is 14.3 Å². The summed E-state index contributed by atoms with van der Waals surface area (Å²) >= 11 is 0. The molecular formula is C9H10FNO2. The summed E-state index contributed by atoms with van der Waals surface area (Å²) in [6.07, 6.45) is 1.38. The van der Waals surface area contributed by atoms with Crippen molar-refractivity contribution in [3.05, 3.63) is 29.8 Å². The van der Waals surface area contributed by atoms with Crippen LogP contribution in [0.2, 0.25) is 0 Å². The van der Waals surface area contributed by atoms with Gasteiger partial charge in [-0.15, -0.1) is 0 Å². The van der Waals surface area contributed by atoms with Gasteiger partial charge in [-0.1, -0.05) is 0 Å². The first-order valence-corrected chi connectivity index (χ1v) is 3.80. The minimum Gasteiger partial charge on any atom is -0.481 e. The lowest BCUT2D eigenvalue weighted by Gasteiger charge is -2.18. The van der Waals surface area contributed by atoms with Crippen LogP contribution in [0.4, 0.5) is 4.39 Å². The maximum Gasteiger partial charge on any atom is 0.315 e. The van der Waals surface area contributed by atoms with Gasteiger partial charge < -0.3 is 5.11 Å². The summed E-state index contributed by atoms with van der Waals surface area (Å²) < 4.78 is 13.1. The Kier molecular flexibility index (Phi) is 2.32. The second-order valence-electron chi connectivity index (χ2n) is 3.26. The summed E-state index contributed by atoms with van der Waals surface area (Å²) in [7, 11) is 0. The van der Waals surface area contributed by atoms with Gasteiger partial charge in [0.2, 0.25) is 0 Å². The summed E-state index contributed by atoms with van der Waals surface area (Å²) in [5.41, 5.74) is -1.33. The van der Waals surface area contributed by atoms with Crippen molar-refractivity contribution in [3.63, 3.8) is 0 Å². The predicted octanol–water partition coefficient (Wildman–Crippen LogP) is 1.58. The topological polar surface area (TPSA) is 50.2 Å². The smallest absolute Gasteiger partial charge is 0.315 e. The molecule has 1 rings (SSSR count). The van der Waals surface area contributed by atoms with Gasteiger partial charge in [0, 0.05) is 6.20 Å². The van der Waals surface area contributed by atoms with Gasteiger partial charge in [-0.3, -0.25) is 9.78 Å². The second kappa shape index (κ2) is 3.12. The van der Waals surface area contributed by atoms with E-state index in [0.717, 1.165) is 0 Å². The Morgan fingerprint density at radius 2 is 2.23 bits per heavy atom. The predicted molar refractivity (Wildman–Crippen MR) is 44.9 cm³/mol.